The highest BCUT2D eigenvalue weighted by Crippen LogP contribution is 2.18. The lowest BCUT2D eigenvalue weighted by molar-refractivity contribution is -0.167. The molecule has 0 aromatic heterocycles. The summed E-state index contributed by atoms with van der Waals surface area (Å²) in [5.41, 5.74) is -0.831. The molecule has 5 nitrogen and oxygen atoms in total. The fourth-order valence-corrected chi connectivity index (χ4v) is 1.86. The van der Waals surface area contributed by atoms with Crippen molar-refractivity contribution in [3.63, 3.8) is 0 Å². The summed E-state index contributed by atoms with van der Waals surface area (Å²) < 4.78 is 5.40. The van der Waals surface area contributed by atoms with E-state index in [2.05, 4.69) is 5.32 Å². The van der Waals surface area contributed by atoms with E-state index in [0.717, 1.165) is 12.0 Å². The first-order chi connectivity index (χ1) is 10.00. The summed E-state index contributed by atoms with van der Waals surface area (Å²) in [5.74, 6) is -1.65. The van der Waals surface area contributed by atoms with Crippen LogP contribution < -0.4 is 5.32 Å². The van der Waals surface area contributed by atoms with Gasteiger partial charge in [0.15, 0.2) is 0 Å². The number of carboxylic acids is 1. The Labute approximate surface area is 124 Å². The van der Waals surface area contributed by atoms with E-state index in [9.17, 15) is 14.7 Å². The van der Waals surface area contributed by atoms with Gasteiger partial charge in [0.2, 0.25) is 5.91 Å². The van der Waals surface area contributed by atoms with Crippen LogP contribution in [0.4, 0.5) is 0 Å². The minimum absolute atomic E-state index is 0.206. The summed E-state index contributed by atoms with van der Waals surface area (Å²) in [6, 6.07) is 9.36. The fraction of sp³-hybridized carbons (Fsp3) is 0.375. The predicted octanol–water partition coefficient (Wildman–Crippen LogP) is 2.78. The van der Waals surface area contributed by atoms with Crippen LogP contribution in [0.3, 0.4) is 0 Å². The predicted molar refractivity (Wildman–Crippen MR) is 80.3 cm³/mol. The van der Waals surface area contributed by atoms with Gasteiger partial charge >= 0.3 is 5.97 Å². The minimum Gasteiger partial charge on any atom is -0.477 e. The molecule has 1 amide bonds. The van der Waals surface area contributed by atoms with Crippen LogP contribution in [0.1, 0.15) is 38.7 Å². The molecule has 0 radical (unpaired) electrons. The first-order valence-corrected chi connectivity index (χ1v) is 6.92. The van der Waals surface area contributed by atoms with Crippen molar-refractivity contribution < 1.29 is 19.4 Å². The lowest BCUT2D eigenvalue weighted by Gasteiger charge is -2.29. The third kappa shape index (κ3) is 5.30. The van der Waals surface area contributed by atoms with Gasteiger partial charge in [-0.05, 0) is 18.1 Å². The topological polar surface area (TPSA) is 75.6 Å². The monoisotopic (exact) mass is 291 g/mol. The molecule has 2 N–H and O–H groups in total. The number of hydrogen-bond acceptors (Lipinski definition) is 3. The van der Waals surface area contributed by atoms with Crippen LogP contribution in [0.15, 0.2) is 36.6 Å². The molecule has 1 aromatic rings. The number of hydrogen-bond donors (Lipinski definition) is 2. The molecule has 0 aliphatic heterocycles. The van der Waals surface area contributed by atoms with Crippen LogP contribution in [-0.4, -0.2) is 22.7 Å². The lowest BCUT2D eigenvalue weighted by Crippen LogP contribution is -2.55. The molecule has 0 aliphatic carbocycles. The van der Waals surface area contributed by atoms with Gasteiger partial charge in [-0.3, -0.25) is 4.79 Å². The maximum Gasteiger partial charge on any atom is 0.369 e. The summed E-state index contributed by atoms with van der Waals surface area (Å²) in [5, 5.41) is 11.8. The van der Waals surface area contributed by atoms with Crippen LogP contribution in [0.5, 0.6) is 0 Å². The van der Waals surface area contributed by atoms with Gasteiger partial charge in [-0.2, -0.15) is 0 Å². The van der Waals surface area contributed by atoms with E-state index >= 15 is 0 Å². The van der Waals surface area contributed by atoms with Crippen molar-refractivity contribution in [1.82, 2.24) is 5.32 Å². The van der Waals surface area contributed by atoms with E-state index in [0.29, 0.717) is 6.42 Å². The van der Waals surface area contributed by atoms with Crippen LogP contribution in [-0.2, 0) is 14.3 Å². The van der Waals surface area contributed by atoms with Crippen LogP contribution in [0, 0.1) is 0 Å². The Morgan fingerprint density at radius 1 is 1.33 bits per heavy atom. The summed E-state index contributed by atoms with van der Waals surface area (Å²) in [6.07, 6.45) is 4.62. The number of aliphatic carboxylic acids is 1. The Hall–Kier alpha value is -2.30. The molecule has 1 rings (SSSR count). The Kier molecular flexibility index (Phi) is 6.46. The van der Waals surface area contributed by atoms with Crippen molar-refractivity contribution in [2.24, 2.45) is 0 Å². The second-order valence-corrected chi connectivity index (χ2v) is 4.75. The van der Waals surface area contributed by atoms with Gasteiger partial charge in [0.05, 0.1) is 6.26 Å². The molecule has 0 saturated carbocycles. The molecule has 1 unspecified atom stereocenters. The van der Waals surface area contributed by atoms with Gasteiger partial charge < -0.3 is 15.2 Å². The molecule has 0 bridgehead atoms. The van der Waals surface area contributed by atoms with Crippen LogP contribution in [0.25, 0.3) is 6.08 Å². The average Bonchev–Trinajstić information content (AvgIpc) is 2.45. The molecule has 0 aliphatic rings. The van der Waals surface area contributed by atoms with Gasteiger partial charge in [-0.25, -0.2) is 4.79 Å². The highest BCUT2D eigenvalue weighted by Gasteiger charge is 2.40. The number of benzene rings is 1. The Morgan fingerprint density at radius 3 is 2.52 bits per heavy atom. The van der Waals surface area contributed by atoms with E-state index in [4.69, 9.17) is 4.74 Å². The Morgan fingerprint density at radius 2 is 2.00 bits per heavy atom. The molecule has 0 heterocycles. The molecular formula is C16H21NO4. The third-order valence-corrected chi connectivity index (χ3v) is 2.94. The van der Waals surface area contributed by atoms with Gasteiger partial charge in [-0.1, -0.05) is 43.7 Å². The SMILES string of the molecule is CCCCC(NC(C)=O)(OC=Cc1ccccc1)C(=O)O. The zero-order valence-electron chi connectivity index (χ0n) is 12.3. The zero-order valence-corrected chi connectivity index (χ0v) is 12.3. The normalized spacial score (nSPS) is 13.6. The number of amides is 1. The number of nitrogens with one attached hydrogen (secondary N) is 1. The molecule has 0 saturated heterocycles. The number of ether oxygens (including phenoxy) is 1. The number of carboxylic acid groups (broad SMARTS) is 1. The van der Waals surface area contributed by atoms with E-state index < -0.39 is 17.6 Å². The molecule has 5 heteroatoms. The maximum absolute atomic E-state index is 11.5. The summed E-state index contributed by atoms with van der Waals surface area (Å²) in [6.45, 7) is 3.22. The van der Waals surface area contributed by atoms with Crippen molar-refractivity contribution in [3.8, 4) is 0 Å². The number of rotatable bonds is 8. The second-order valence-electron chi connectivity index (χ2n) is 4.75. The fourth-order valence-electron chi connectivity index (χ4n) is 1.86. The molecule has 114 valence electrons. The van der Waals surface area contributed by atoms with Gasteiger partial charge in [0.1, 0.15) is 0 Å². The summed E-state index contributed by atoms with van der Waals surface area (Å²) in [4.78, 5) is 22.8. The van der Waals surface area contributed by atoms with E-state index in [1.165, 1.54) is 13.2 Å². The third-order valence-electron chi connectivity index (χ3n) is 2.94. The largest absolute Gasteiger partial charge is 0.477 e. The number of carbonyl (C=O) groups excluding carboxylic acids is 1. The molecule has 21 heavy (non-hydrogen) atoms. The standard InChI is InChI=1S/C16H21NO4/c1-3-4-11-16(15(19)20,17-13(2)18)21-12-10-14-8-6-5-7-9-14/h5-10,12H,3-4,11H2,1-2H3,(H,17,18)(H,19,20). The Balaban J connectivity index is 2.86. The van der Waals surface area contributed by atoms with Gasteiger partial charge in [-0.15, -0.1) is 0 Å². The quantitative estimate of drug-likeness (QED) is 0.570. The van der Waals surface area contributed by atoms with Crippen molar-refractivity contribution in [3.05, 3.63) is 42.2 Å². The van der Waals surface area contributed by atoms with E-state index in [1.54, 1.807) is 6.08 Å². The summed E-state index contributed by atoms with van der Waals surface area (Å²) >= 11 is 0. The van der Waals surface area contributed by atoms with Crippen molar-refractivity contribution >= 4 is 18.0 Å². The van der Waals surface area contributed by atoms with Gasteiger partial charge in [0.25, 0.3) is 5.72 Å². The van der Waals surface area contributed by atoms with Gasteiger partial charge in [0, 0.05) is 13.3 Å². The minimum atomic E-state index is -1.72. The Bertz CT molecular complexity index is 498. The highest BCUT2D eigenvalue weighted by molar-refractivity contribution is 5.84. The van der Waals surface area contributed by atoms with E-state index in [-0.39, 0.29) is 6.42 Å². The molecular weight excluding hydrogens is 270 g/mol. The molecule has 1 atom stereocenters. The van der Waals surface area contributed by atoms with Crippen molar-refractivity contribution in [2.45, 2.75) is 38.8 Å². The zero-order chi connectivity index (χ0) is 15.7. The van der Waals surface area contributed by atoms with Crippen molar-refractivity contribution in [2.75, 3.05) is 0 Å². The first kappa shape index (κ1) is 16.8. The lowest BCUT2D eigenvalue weighted by atomic mass is 10.1. The van der Waals surface area contributed by atoms with Crippen LogP contribution >= 0.6 is 0 Å². The first-order valence-electron chi connectivity index (χ1n) is 6.92. The van der Waals surface area contributed by atoms with Crippen molar-refractivity contribution in [1.29, 1.82) is 0 Å². The van der Waals surface area contributed by atoms with E-state index in [1.807, 2.05) is 37.3 Å². The molecule has 1 aromatic carbocycles. The van der Waals surface area contributed by atoms with Crippen LogP contribution in [0.2, 0.25) is 0 Å². The number of unbranched alkanes of at least 4 members (excludes halogenated alkanes) is 1. The highest BCUT2D eigenvalue weighted by atomic mass is 16.5. The average molecular weight is 291 g/mol. The smallest absolute Gasteiger partial charge is 0.369 e. The number of carbonyl (C=O) groups is 2. The molecule has 0 spiro atoms. The summed E-state index contributed by atoms with van der Waals surface area (Å²) in [7, 11) is 0. The second kappa shape index (κ2) is 8.09. The molecule has 0 fully saturated rings. The maximum atomic E-state index is 11.5.